The van der Waals surface area contributed by atoms with Gasteiger partial charge in [0.15, 0.2) is 11.5 Å². The highest BCUT2D eigenvalue weighted by molar-refractivity contribution is 5.88. The predicted molar refractivity (Wildman–Crippen MR) is 94.6 cm³/mol. The molecule has 0 aliphatic carbocycles. The molecule has 0 saturated carbocycles. The minimum absolute atomic E-state index is 0.0136. The van der Waals surface area contributed by atoms with E-state index >= 15 is 0 Å². The van der Waals surface area contributed by atoms with Crippen LogP contribution in [-0.2, 0) is 11.2 Å². The molecule has 2 aromatic carbocycles. The Morgan fingerprint density at radius 1 is 1.27 bits per heavy atom. The summed E-state index contributed by atoms with van der Waals surface area (Å²) in [5, 5.41) is 15.0. The summed E-state index contributed by atoms with van der Waals surface area (Å²) in [7, 11) is 0. The molecule has 0 spiro atoms. The largest absolute Gasteiger partial charge is 0.454 e. The molecule has 0 atom stereocenters. The van der Waals surface area contributed by atoms with Crippen LogP contribution in [-0.4, -0.2) is 23.8 Å². The van der Waals surface area contributed by atoms with Gasteiger partial charge in [-0.1, -0.05) is 23.8 Å². The van der Waals surface area contributed by atoms with Gasteiger partial charge in [0.05, 0.1) is 29.2 Å². The van der Waals surface area contributed by atoms with Gasteiger partial charge >= 0.3 is 0 Å². The van der Waals surface area contributed by atoms with E-state index in [2.05, 4.69) is 10.5 Å². The first kappa shape index (κ1) is 17.4. The van der Waals surface area contributed by atoms with E-state index in [-0.39, 0.29) is 30.4 Å². The number of carbonyl (C=O) groups is 1. The van der Waals surface area contributed by atoms with E-state index in [9.17, 15) is 14.9 Å². The first-order valence-electron chi connectivity index (χ1n) is 7.90. The van der Waals surface area contributed by atoms with Crippen molar-refractivity contribution >= 4 is 17.8 Å². The minimum Gasteiger partial charge on any atom is -0.454 e. The Kier molecular flexibility index (Phi) is 4.83. The van der Waals surface area contributed by atoms with Gasteiger partial charge in [0.25, 0.3) is 5.69 Å². The Bertz CT molecular complexity index is 908. The third kappa shape index (κ3) is 3.80. The minimum atomic E-state index is -0.541. The highest BCUT2D eigenvalue weighted by atomic mass is 16.7. The van der Waals surface area contributed by atoms with Crippen molar-refractivity contribution < 1.29 is 19.2 Å². The van der Waals surface area contributed by atoms with Gasteiger partial charge in [-0.25, -0.2) is 5.43 Å². The van der Waals surface area contributed by atoms with Crippen molar-refractivity contribution in [3.63, 3.8) is 0 Å². The third-order valence-electron chi connectivity index (χ3n) is 3.96. The monoisotopic (exact) mass is 355 g/mol. The summed E-state index contributed by atoms with van der Waals surface area (Å²) in [6, 6.07) is 8.58. The second-order valence-electron chi connectivity index (χ2n) is 5.92. The van der Waals surface area contributed by atoms with Crippen LogP contribution in [0.25, 0.3) is 0 Å². The fourth-order valence-corrected chi connectivity index (χ4v) is 2.64. The van der Waals surface area contributed by atoms with Gasteiger partial charge in [-0.3, -0.25) is 14.9 Å². The van der Waals surface area contributed by atoms with Gasteiger partial charge in [0.2, 0.25) is 12.7 Å². The summed E-state index contributed by atoms with van der Waals surface area (Å²) < 4.78 is 10.3. The number of hydrogen-bond donors (Lipinski definition) is 1. The van der Waals surface area contributed by atoms with E-state index < -0.39 is 4.92 Å². The molecular weight excluding hydrogens is 338 g/mol. The van der Waals surface area contributed by atoms with Crippen LogP contribution in [0.2, 0.25) is 0 Å². The predicted octanol–water partition coefficient (Wildman–Crippen LogP) is 2.63. The zero-order valence-corrected chi connectivity index (χ0v) is 14.3. The number of rotatable bonds is 5. The SMILES string of the molecule is Cc1ccc(CC(=O)N/N=C/c2cc3c(cc2[N+](=O)[O-])OCO3)c(C)c1. The van der Waals surface area contributed by atoms with Crippen molar-refractivity contribution in [2.45, 2.75) is 20.3 Å². The first-order valence-corrected chi connectivity index (χ1v) is 7.90. The lowest BCUT2D eigenvalue weighted by atomic mass is 10.0. The number of fused-ring (bicyclic) bond motifs is 1. The second-order valence-corrected chi connectivity index (χ2v) is 5.92. The van der Waals surface area contributed by atoms with Crippen molar-refractivity contribution in [2.75, 3.05) is 6.79 Å². The standard InChI is InChI=1S/C18H17N3O5/c1-11-3-4-13(12(2)5-11)7-18(22)20-19-9-14-6-16-17(26-10-25-16)8-15(14)21(23)24/h3-6,8-9H,7,10H2,1-2H3,(H,20,22)/b19-9+. The molecule has 134 valence electrons. The van der Waals surface area contributed by atoms with Crippen LogP contribution in [0.4, 0.5) is 5.69 Å². The molecule has 8 nitrogen and oxygen atoms in total. The molecular formula is C18H17N3O5. The number of amides is 1. The molecule has 1 aliphatic rings. The lowest BCUT2D eigenvalue weighted by molar-refractivity contribution is -0.385. The van der Waals surface area contributed by atoms with Gasteiger partial charge in [-0.05, 0) is 31.0 Å². The Morgan fingerprint density at radius 3 is 2.69 bits per heavy atom. The number of ether oxygens (including phenoxy) is 2. The molecule has 0 fully saturated rings. The molecule has 0 saturated heterocycles. The van der Waals surface area contributed by atoms with Gasteiger partial charge in [0.1, 0.15) is 0 Å². The fourth-order valence-electron chi connectivity index (χ4n) is 2.64. The van der Waals surface area contributed by atoms with Gasteiger partial charge in [-0.2, -0.15) is 5.10 Å². The Hall–Kier alpha value is -3.42. The average Bonchev–Trinajstić information content (AvgIpc) is 3.04. The van der Waals surface area contributed by atoms with Crippen LogP contribution in [0, 0.1) is 24.0 Å². The lowest BCUT2D eigenvalue weighted by Gasteiger charge is -2.06. The van der Waals surface area contributed by atoms with Crippen molar-refractivity contribution in [3.8, 4) is 11.5 Å². The van der Waals surface area contributed by atoms with Crippen LogP contribution >= 0.6 is 0 Å². The van der Waals surface area contributed by atoms with Gasteiger partial charge in [0, 0.05) is 0 Å². The maximum absolute atomic E-state index is 12.0. The Morgan fingerprint density at radius 2 is 2.00 bits per heavy atom. The molecule has 8 heteroatoms. The molecule has 2 aromatic rings. The molecule has 0 bridgehead atoms. The molecule has 0 aromatic heterocycles. The van der Waals surface area contributed by atoms with Crippen molar-refractivity contribution in [1.29, 1.82) is 0 Å². The maximum atomic E-state index is 12.0. The summed E-state index contributed by atoms with van der Waals surface area (Å²) in [4.78, 5) is 22.7. The number of nitrogens with one attached hydrogen (secondary N) is 1. The van der Waals surface area contributed by atoms with Crippen LogP contribution < -0.4 is 14.9 Å². The number of nitro groups is 1. The quantitative estimate of drug-likeness (QED) is 0.504. The zero-order chi connectivity index (χ0) is 18.7. The Labute approximate surface area is 149 Å². The topological polar surface area (TPSA) is 103 Å². The van der Waals surface area contributed by atoms with Gasteiger partial charge in [-0.15, -0.1) is 0 Å². The number of nitro benzene ring substituents is 1. The molecule has 1 amide bonds. The zero-order valence-electron chi connectivity index (χ0n) is 14.3. The first-order chi connectivity index (χ1) is 12.4. The van der Waals surface area contributed by atoms with E-state index in [4.69, 9.17) is 9.47 Å². The molecule has 0 unspecified atom stereocenters. The van der Waals surface area contributed by atoms with Gasteiger partial charge < -0.3 is 9.47 Å². The maximum Gasteiger partial charge on any atom is 0.282 e. The van der Waals surface area contributed by atoms with E-state index in [1.165, 1.54) is 18.3 Å². The number of nitrogens with zero attached hydrogens (tertiary/aromatic N) is 2. The summed E-state index contributed by atoms with van der Waals surface area (Å²) in [5.74, 6) is 0.406. The van der Waals surface area contributed by atoms with Crippen LogP contribution in [0.5, 0.6) is 11.5 Å². The molecule has 1 N–H and O–H groups in total. The van der Waals surface area contributed by atoms with Crippen LogP contribution in [0.15, 0.2) is 35.4 Å². The van der Waals surface area contributed by atoms with Crippen molar-refractivity contribution in [2.24, 2.45) is 5.10 Å². The highest BCUT2D eigenvalue weighted by Gasteiger charge is 2.22. The third-order valence-corrected chi connectivity index (χ3v) is 3.96. The highest BCUT2D eigenvalue weighted by Crippen LogP contribution is 2.37. The number of aryl methyl sites for hydroxylation is 2. The number of hydrogen-bond acceptors (Lipinski definition) is 6. The van der Waals surface area contributed by atoms with Crippen molar-refractivity contribution in [3.05, 3.63) is 62.7 Å². The van der Waals surface area contributed by atoms with E-state index in [0.717, 1.165) is 16.7 Å². The molecule has 1 aliphatic heterocycles. The fraction of sp³-hybridized carbons (Fsp3) is 0.222. The van der Waals surface area contributed by atoms with Crippen LogP contribution in [0.1, 0.15) is 22.3 Å². The average molecular weight is 355 g/mol. The van der Waals surface area contributed by atoms with Crippen LogP contribution in [0.3, 0.4) is 0 Å². The summed E-state index contributed by atoms with van der Waals surface area (Å²) in [6.45, 7) is 3.94. The van der Waals surface area contributed by atoms with E-state index in [1.807, 2.05) is 32.0 Å². The molecule has 3 rings (SSSR count). The lowest BCUT2D eigenvalue weighted by Crippen LogP contribution is -2.20. The second kappa shape index (κ2) is 7.22. The number of benzene rings is 2. The Balaban J connectivity index is 1.70. The summed E-state index contributed by atoms with van der Waals surface area (Å²) in [6.07, 6.45) is 1.40. The smallest absolute Gasteiger partial charge is 0.282 e. The number of carbonyl (C=O) groups excluding carboxylic acids is 1. The normalized spacial score (nSPS) is 12.4. The number of hydrazone groups is 1. The molecule has 0 radical (unpaired) electrons. The van der Waals surface area contributed by atoms with Crippen molar-refractivity contribution in [1.82, 2.24) is 5.43 Å². The molecule has 1 heterocycles. The van der Waals surface area contributed by atoms with E-state index in [0.29, 0.717) is 11.5 Å². The summed E-state index contributed by atoms with van der Waals surface area (Å²) >= 11 is 0. The van der Waals surface area contributed by atoms with E-state index in [1.54, 1.807) is 0 Å². The summed E-state index contributed by atoms with van der Waals surface area (Å²) in [5.41, 5.74) is 5.47. The molecule has 26 heavy (non-hydrogen) atoms.